The number of nitrogens with one attached hydrogen (secondary N) is 2. The van der Waals surface area contributed by atoms with Crippen molar-refractivity contribution >= 4 is 28.6 Å². The smallest absolute Gasteiger partial charge is 0.258 e. The summed E-state index contributed by atoms with van der Waals surface area (Å²) in [6.07, 6.45) is 0. The van der Waals surface area contributed by atoms with Crippen molar-refractivity contribution < 1.29 is 14.3 Å². The molecule has 0 aliphatic carbocycles. The molecule has 0 saturated carbocycles. The van der Waals surface area contributed by atoms with Gasteiger partial charge in [-0.05, 0) is 49.7 Å². The molecule has 0 radical (unpaired) electrons. The van der Waals surface area contributed by atoms with Crippen LogP contribution in [-0.2, 0) is 4.79 Å². The molecule has 6 heteroatoms. The number of hydrogen-bond acceptors (Lipinski definition) is 5. The Morgan fingerprint density at radius 1 is 0.969 bits per heavy atom. The maximum atomic E-state index is 13.1. The van der Waals surface area contributed by atoms with E-state index < -0.39 is 0 Å². The molecule has 32 heavy (non-hydrogen) atoms. The first kappa shape index (κ1) is 21.0. The SMILES string of the molecule is CCOc1cc2c(cc1OCC)C(=C(Nc1ccc(C#N)cc1)c1ccccc1)C(=O)N2. The number of carbonyl (C=O) groups excluding carboxylic acids is 1. The molecular weight excluding hydrogens is 402 g/mol. The number of anilines is 2. The molecule has 0 saturated heterocycles. The highest BCUT2D eigenvalue weighted by Gasteiger charge is 2.30. The van der Waals surface area contributed by atoms with E-state index in [1.165, 1.54) is 0 Å². The van der Waals surface area contributed by atoms with Gasteiger partial charge in [-0.25, -0.2) is 0 Å². The Kier molecular flexibility index (Phi) is 6.09. The Morgan fingerprint density at radius 2 is 1.62 bits per heavy atom. The first-order chi connectivity index (χ1) is 15.6. The predicted octanol–water partition coefficient (Wildman–Crippen LogP) is 5.29. The van der Waals surface area contributed by atoms with E-state index in [4.69, 9.17) is 14.7 Å². The van der Waals surface area contributed by atoms with Crippen molar-refractivity contribution in [2.45, 2.75) is 13.8 Å². The molecule has 4 rings (SSSR count). The van der Waals surface area contributed by atoms with E-state index in [1.807, 2.05) is 62.4 Å². The normalized spacial score (nSPS) is 13.6. The molecule has 2 N–H and O–H groups in total. The number of hydrogen-bond donors (Lipinski definition) is 2. The molecule has 6 nitrogen and oxygen atoms in total. The zero-order chi connectivity index (χ0) is 22.5. The molecule has 1 amide bonds. The van der Waals surface area contributed by atoms with E-state index in [1.54, 1.807) is 18.2 Å². The van der Waals surface area contributed by atoms with Gasteiger partial charge in [0.25, 0.3) is 5.91 Å². The number of nitriles is 1. The van der Waals surface area contributed by atoms with Crippen molar-refractivity contribution in [1.82, 2.24) is 0 Å². The maximum Gasteiger partial charge on any atom is 0.258 e. The van der Waals surface area contributed by atoms with E-state index in [0.717, 1.165) is 16.8 Å². The van der Waals surface area contributed by atoms with Gasteiger partial charge >= 0.3 is 0 Å². The number of ether oxygens (including phenoxy) is 2. The van der Waals surface area contributed by atoms with Gasteiger partial charge in [0.2, 0.25) is 0 Å². The summed E-state index contributed by atoms with van der Waals surface area (Å²) >= 11 is 0. The third-order valence-corrected chi connectivity index (χ3v) is 5.02. The minimum absolute atomic E-state index is 0.212. The van der Waals surface area contributed by atoms with Crippen LogP contribution in [-0.4, -0.2) is 19.1 Å². The second-order valence-electron chi connectivity index (χ2n) is 7.09. The zero-order valence-corrected chi connectivity index (χ0v) is 17.9. The van der Waals surface area contributed by atoms with E-state index in [0.29, 0.717) is 47.2 Å². The highest BCUT2D eigenvalue weighted by molar-refractivity contribution is 6.37. The van der Waals surface area contributed by atoms with Crippen LogP contribution in [0.2, 0.25) is 0 Å². The van der Waals surface area contributed by atoms with Gasteiger partial charge in [-0.3, -0.25) is 4.79 Å². The van der Waals surface area contributed by atoms with Gasteiger partial charge in [-0.1, -0.05) is 30.3 Å². The van der Waals surface area contributed by atoms with Gasteiger partial charge in [0.15, 0.2) is 11.5 Å². The number of amides is 1. The van der Waals surface area contributed by atoms with Crippen molar-refractivity contribution in [3.8, 4) is 17.6 Å². The van der Waals surface area contributed by atoms with Crippen LogP contribution in [0.1, 0.15) is 30.5 Å². The molecule has 1 heterocycles. The minimum Gasteiger partial charge on any atom is -0.490 e. The quantitative estimate of drug-likeness (QED) is 0.503. The Labute approximate surface area is 187 Å². The summed E-state index contributed by atoms with van der Waals surface area (Å²) in [6, 6.07) is 22.6. The molecule has 3 aromatic carbocycles. The summed E-state index contributed by atoms with van der Waals surface area (Å²) < 4.78 is 11.5. The van der Waals surface area contributed by atoms with Crippen LogP contribution in [0.5, 0.6) is 11.5 Å². The van der Waals surface area contributed by atoms with E-state index >= 15 is 0 Å². The summed E-state index contributed by atoms with van der Waals surface area (Å²) in [4.78, 5) is 13.1. The average Bonchev–Trinajstić information content (AvgIpc) is 3.13. The van der Waals surface area contributed by atoms with Crippen LogP contribution < -0.4 is 20.1 Å². The second kappa shape index (κ2) is 9.27. The maximum absolute atomic E-state index is 13.1. The lowest BCUT2D eigenvalue weighted by Gasteiger charge is -2.16. The first-order valence-electron chi connectivity index (χ1n) is 10.5. The van der Waals surface area contributed by atoms with Gasteiger partial charge in [0.05, 0.1) is 41.8 Å². The fourth-order valence-electron chi connectivity index (χ4n) is 3.62. The molecule has 0 unspecified atom stereocenters. The highest BCUT2D eigenvalue weighted by Crippen LogP contribution is 2.43. The lowest BCUT2D eigenvalue weighted by Crippen LogP contribution is -2.10. The van der Waals surface area contributed by atoms with Crippen molar-refractivity contribution in [3.05, 3.63) is 83.4 Å². The Bertz CT molecular complexity index is 1210. The van der Waals surface area contributed by atoms with Crippen LogP contribution in [0.15, 0.2) is 66.7 Å². The van der Waals surface area contributed by atoms with Crippen LogP contribution in [0.25, 0.3) is 11.3 Å². The minimum atomic E-state index is -0.212. The van der Waals surface area contributed by atoms with E-state index in [2.05, 4.69) is 16.7 Å². The Balaban J connectivity index is 1.88. The van der Waals surface area contributed by atoms with E-state index in [-0.39, 0.29) is 5.91 Å². The molecule has 0 fully saturated rings. The molecule has 1 aliphatic rings. The summed E-state index contributed by atoms with van der Waals surface area (Å²) in [5.74, 6) is 0.972. The van der Waals surface area contributed by atoms with E-state index in [9.17, 15) is 4.79 Å². The molecule has 0 aromatic heterocycles. The first-order valence-corrected chi connectivity index (χ1v) is 10.5. The summed E-state index contributed by atoms with van der Waals surface area (Å²) in [5.41, 5.74) is 4.79. The molecule has 3 aromatic rings. The number of fused-ring (bicyclic) bond motifs is 1. The topological polar surface area (TPSA) is 83.4 Å². The fraction of sp³-hybridized carbons (Fsp3) is 0.154. The summed E-state index contributed by atoms with van der Waals surface area (Å²) in [7, 11) is 0. The standard InChI is InChI=1S/C26H23N3O3/c1-3-31-22-14-20-21(15-23(22)32-4-2)29-26(30)24(20)25(18-8-6-5-7-9-18)28-19-12-10-17(16-27)11-13-19/h5-15,28H,3-4H2,1-2H3,(H,29,30). The van der Waals surface area contributed by atoms with Crippen molar-refractivity contribution in [2.24, 2.45) is 0 Å². The average molecular weight is 425 g/mol. The molecule has 160 valence electrons. The van der Waals surface area contributed by atoms with Gasteiger partial charge in [0.1, 0.15) is 0 Å². The molecular formula is C26H23N3O3. The van der Waals surface area contributed by atoms with Crippen LogP contribution in [0.4, 0.5) is 11.4 Å². The van der Waals surface area contributed by atoms with Crippen molar-refractivity contribution in [2.75, 3.05) is 23.8 Å². The molecule has 1 aliphatic heterocycles. The number of benzene rings is 3. The monoisotopic (exact) mass is 425 g/mol. The lowest BCUT2D eigenvalue weighted by atomic mass is 9.99. The third kappa shape index (κ3) is 4.14. The van der Waals surface area contributed by atoms with Crippen molar-refractivity contribution in [1.29, 1.82) is 5.26 Å². The van der Waals surface area contributed by atoms with Gasteiger partial charge < -0.3 is 20.1 Å². The van der Waals surface area contributed by atoms with Gasteiger partial charge in [-0.2, -0.15) is 5.26 Å². The second-order valence-corrected chi connectivity index (χ2v) is 7.09. The summed E-state index contributed by atoms with van der Waals surface area (Å²) in [5, 5.41) is 15.4. The number of rotatable bonds is 7. The largest absolute Gasteiger partial charge is 0.490 e. The number of nitrogens with zero attached hydrogens (tertiary/aromatic N) is 1. The predicted molar refractivity (Wildman–Crippen MR) is 125 cm³/mol. The molecule has 0 bridgehead atoms. The van der Waals surface area contributed by atoms with Gasteiger partial charge in [0, 0.05) is 17.3 Å². The fourth-order valence-corrected chi connectivity index (χ4v) is 3.62. The van der Waals surface area contributed by atoms with Gasteiger partial charge in [-0.15, -0.1) is 0 Å². The highest BCUT2D eigenvalue weighted by atomic mass is 16.5. The third-order valence-electron chi connectivity index (χ3n) is 5.02. The lowest BCUT2D eigenvalue weighted by molar-refractivity contribution is -0.110. The van der Waals surface area contributed by atoms with Crippen LogP contribution in [0.3, 0.4) is 0 Å². The Morgan fingerprint density at radius 3 is 2.25 bits per heavy atom. The molecule has 0 spiro atoms. The molecule has 0 atom stereocenters. The number of carbonyl (C=O) groups is 1. The zero-order valence-electron chi connectivity index (χ0n) is 17.9. The Hall–Kier alpha value is -4.24. The van der Waals surface area contributed by atoms with Crippen molar-refractivity contribution in [3.63, 3.8) is 0 Å². The summed E-state index contributed by atoms with van der Waals surface area (Å²) in [6.45, 7) is 4.78. The van der Waals surface area contributed by atoms with Crippen LogP contribution >= 0.6 is 0 Å². The van der Waals surface area contributed by atoms with Crippen LogP contribution in [0, 0.1) is 11.3 Å².